The van der Waals surface area contributed by atoms with E-state index < -0.39 is 0 Å². The van der Waals surface area contributed by atoms with Crippen molar-refractivity contribution in [3.8, 4) is 22.4 Å². The number of pyridine rings is 1. The molecule has 3 aromatic carbocycles. The second-order valence-corrected chi connectivity index (χ2v) is 7.66. The minimum atomic E-state index is 0.129. The second-order valence-electron chi connectivity index (χ2n) is 7.22. The van der Waals surface area contributed by atoms with Crippen LogP contribution in [0.15, 0.2) is 79.0 Å². The summed E-state index contributed by atoms with van der Waals surface area (Å²) in [6, 6.07) is 22.8. The number of rotatable bonds is 2. The molecule has 2 heterocycles. The van der Waals surface area contributed by atoms with Crippen LogP contribution < -0.4 is 10.2 Å². The Bertz CT molecular complexity index is 1480. The van der Waals surface area contributed by atoms with Gasteiger partial charge in [0.25, 0.3) is 0 Å². The summed E-state index contributed by atoms with van der Waals surface area (Å²) in [6.07, 6.45) is 1.45. The van der Waals surface area contributed by atoms with E-state index in [0.29, 0.717) is 27.3 Å². The van der Waals surface area contributed by atoms with Gasteiger partial charge < -0.3 is 5.21 Å². The van der Waals surface area contributed by atoms with E-state index in [2.05, 4.69) is 5.10 Å². The van der Waals surface area contributed by atoms with Crippen molar-refractivity contribution in [1.29, 1.82) is 5.41 Å². The summed E-state index contributed by atoms with van der Waals surface area (Å²) in [6.45, 7) is 2.01. The molecule has 1 N–H and O–H groups in total. The minimum Gasteiger partial charge on any atom is -0.710 e. The first kappa shape index (κ1) is 18.3. The third-order valence-electron chi connectivity index (χ3n) is 5.21. The molecule has 0 aliphatic rings. The Balaban J connectivity index is 1.93. The third-order valence-corrected chi connectivity index (χ3v) is 5.44. The van der Waals surface area contributed by atoms with Gasteiger partial charge in [0.15, 0.2) is 5.69 Å². The predicted octanol–water partition coefficient (Wildman–Crippen LogP) is 4.90. The van der Waals surface area contributed by atoms with Crippen LogP contribution in [0.3, 0.4) is 0 Å². The van der Waals surface area contributed by atoms with E-state index in [-0.39, 0.29) is 5.49 Å². The topological polar surface area (TPSA) is 68.1 Å². The fraction of sp³-hybridized carbons (Fsp3) is 0.0417. The zero-order chi connectivity index (χ0) is 20.8. The summed E-state index contributed by atoms with van der Waals surface area (Å²) in [5, 5.41) is 28.6. The van der Waals surface area contributed by atoms with Gasteiger partial charge in [0.1, 0.15) is 6.20 Å². The van der Waals surface area contributed by atoms with E-state index in [9.17, 15) is 5.21 Å². The lowest BCUT2D eigenvalue weighted by Crippen LogP contribution is -2.35. The van der Waals surface area contributed by atoms with Crippen LogP contribution in [-0.2, 0) is 0 Å². The average molecular weight is 413 g/mol. The summed E-state index contributed by atoms with van der Waals surface area (Å²) >= 11 is 6.27. The van der Waals surface area contributed by atoms with E-state index in [0.717, 1.165) is 26.8 Å². The van der Waals surface area contributed by atoms with Gasteiger partial charge in [-0.3, -0.25) is 5.41 Å². The number of fused-ring (bicyclic) bond motifs is 3. The first-order valence-electron chi connectivity index (χ1n) is 9.48. The van der Waals surface area contributed by atoms with E-state index in [4.69, 9.17) is 17.0 Å². The predicted molar refractivity (Wildman–Crippen MR) is 118 cm³/mol. The van der Waals surface area contributed by atoms with Crippen LogP contribution in [0.25, 0.3) is 38.8 Å². The number of aromatic nitrogens is 3. The van der Waals surface area contributed by atoms with Gasteiger partial charge in [0.05, 0.1) is 10.9 Å². The summed E-state index contributed by atoms with van der Waals surface area (Å²) in [5.74, 6) is 0. The molecule has 6 heteroatoms. The molecular weight excluding hydrogens is 396 g/mol. The molecule has 0 aliphatic heterocycles. The van der Waals surface area contributed by atoms with Crippen LogP contribution in [0.2, 0.25) is 5.02 Å². The molecule has 2 aromatic heterocycles. The monoisotopic (exact) mass is 412 g/mol. The minimum absolute atomic E-state index is 0.129. The van der Waals surface area contributed by atoms with Gasteiger partial charge in [0.2, 0.25) is 5.49 Å². The van der Waals surface area contributed by atoms with Gasteiger partial charge >= 0.3 is 5.65 Å². The zero-order valence-electron chi connectivity index (χ0n) is 16.1. The Morgan fingerprint density at radius 3 is 2.40 bits per heavy atom. The van der Waals surface area contributed by atoms with Gasteiger partial charge in [0, 0.05) is 16.0 Å². The first-order chi connectivity index (χ1) is 14.5. The van der Waals surface area contributed by atoms with Gasteiger partial charge in [-0.15, -0.1) is 0 Å². The Hall–Kier alpha value is -3.70. The molecule has 0 aliphatic carbocycles. The molecule has 0 unspecified atom stereocenters. The Kier molecular flexibility index (Phi) is 4.26. The Morgan fingerprint density at radius 2 is 1.67 bits per heavy atom. The third kappa shape index (κ3) is 2.91. The highest BCUT2D eigenvalue weighted by Gasteiger charge is 2.21. The molecular formula is C24H17ClN4O. The largest absolute Gasteiger partial charge is 0.710 e. The number of halogens is 1. The lowest BCUT2D eigenvalue weighted by atomic mass is 10.00. The Morgan fingerprint density at radius 1 is 0.933 bits per heavy atom. The first-order valence-corrected chi connectivity index (χ1v) is 9.86. The van der Waals surface area contributed by atoms with Crippen LogP contribution in [0.4, 0.5) is 0 Å². The molecule has 30 heavy (non-hydrogen) atoms. The molecule has 5 aromatic rings. The molecule has 0 spiro atoms. The SMILES string of the molecule is Cc1ccc(-c2c[n+]([O-])c3c4ccc(Cl)cc4c(-c4ccccc4)c(=N)n3n2)cc1. The highest BCUT2D eigenvalue weighted by Crippen LogP contribution is 2.29. The summed E-state index contributed by atoms with van der Waals surface area (Å²) in [5.41, 5.74) is 4.41. The molecule has 0 bridgehead atoms. The highest BCUT2D eigenvalue weighted by atomic mass is 35.5. The van der Waals surface area contributed by atoms with Crippen LogP contribution in [0, 0.1) is 17.5 Å². The maximum atomic E-state index is 13.1. The fourth-order valence-corrected chi connectivity index (χ4v) is 3.91. The summed E-state index contributed by atoms with van der Waals surface area (Å²) in [7, 11) is 0. The van der Waals surface area contributed by atoms with E-state index in [1.165, 1.54) is 10.7 Å². The van der Waals surface area contributed by atoms with Crippen LogP contribution in [-0.4, -0.2) is 9.61 Å². The number of nitrogens with one attached hydrogen (secondary N) is 1. The Labute approximate surface area is 177 Å². The van der Waals surface area contributed by atoms with Gasteiger partial charge in [-0.2, -0.15) is 0 Å². The number of aryl methyl sites for hydroxylation is 1. The van der Waals surface area contributed by atoms with Crippen molar-refractivity contribution >= 4 is 28.0 Å². The van der Waals surface area contributed by atoms with Crippen molar-refractivity contribution in [2.24, 2.45) is 0 Å². The number of hydrogen-bond donors (Lipinski definition) is 1. The molecule has 0 radical (unpaired) electrons. The summed E-state index contributed by atoms with van der Waals surface area (Å²) in [4.78, 5) is 0. The number of nitrogens with zero attached hydrogens (tertiary/aromatic N) is 3. The fourth-order valence-electron chi connectivity index (χ4n) is 3.74. The quantitative estimate of drug-likeness (QED) is 0.254. The van der Waals surface area contributed by atoms with Gasteiger partial charge in [-0.25, -0.2) is 4.73 Å². The molecule has 0 saturated heterocycles. The highest BCUT2D eigenvalue weighted by molar-refractivity contribution is 6.31. The lowest BCUT2D eigenvalue weighted by molar-refractivity contribution is -0.580. The zero-order valence-corrected chi connectivity index (χ0v) is 16.9. The van der Waals surface area contributed by atoms with Gasteiger partial charge in [-0.05, 0) is 30.7 Å². The number of benzene rings is 3. The normalized spacial score (nSPS) is 11.3. The van der Waals surface area contributed by atoms with Gasteiger partial charge in [-0.1, -0.05) is 81.4 Å². The second kappa shape index (κ2) is 6.97. The average Bonchev–Trinajstić information content (AvgIpc) is 2.75. The molecule has 146 valence electrons. The van der Waals surface area contributed by atoms with Crippen LogP contribution >= 0.6 is 11.6 Å². The standard InChI is InChI=1S/C24H17ClN4O/c1-15-7-9-16(10-8-15)21-14-28(30)24-19-12-11-18(25)13-20(19)22(23(26)29(24)27-21)17-5-3-2-4-6-17/h2-14,26H,1H3. The molecule has 0 amide bonds. The lowest BCUT2D eigenvalue weighted by Gasteiger charge is -2.13. The molecule has 5 nitrogen and oxygen atoms in total. The van der Waals surface area contributed by atoms with Crippen molar-refractivity contribution in [3.05, 3.63) is 100 Å². The van der Waals surface area contributed by atoms with Crippen molar-refractivity contribution in [3.63, 3.8) is 0 Å². The van der Waals surface area contributed by atoms with Crippen molar-refractivity contribution in [1.82, 2.24) is 9.61 Å². The molecule has 0 atom stereocenters. The van der Waals surface area contributed by atoms with E-state index >= 15 is 0 Å². The smallest absolute Gasteiger partial charge is 0.320 e. The van der Waals surface area contributed by atoms with Crippen molar-refractivity contribution in [2.45, 2.75) is 6.92 Å². The summed E-state index contributed by atoms with van der Waals surface area (Å²) < 4.78 is 2.20. The number of hydrogen-bond acceptors (Lipinski definition) is 3. The van der Waals surface area contributed by atoms with E-state index in [1.807, 2.05) is 61.5 Å². The molecule has 5 rings (SSSR count). The van der Waals surface area contributed by atoms with Crippen molar-refractivity contribution < 1.29 is 4.73 Å². The maximum absolute atomic E-state index is 13.1. The van der Waals surface area contributed by atoms with Crippen molar-refractivity contribution in [2.75, 3.05) is 0 Å². The van der Waals surface area contributed by atoms with Crippen LogP contribution in [0.5, 0.6) is 0 Å². The van der Waals surface area contributed by atoms with Crippen LogP contribution in [0.1, 0.15) is 5.56 Å². The maximum Gasteiger partial charge on any atom is 0.320 e. The molecule has 0 saturated carbocycles. The molecule has 0 fully saturated rings. The van der Waals surface area contributed by atoms with E-state index in [1.54, 1.807) is 18.2 Å².